The highest BCUT2D eigenvalue weighted by molar-refractivity contribution is 9.11. The smallest absolute Gasteiger partial charge is 0.0909 e. The van der Waals surface area contributed by atoms with Crippen molar-refractivity contribution in [2.75, 3.05) is 0 Å². The molecular formula is C11H15BrO2S. The van der Waals surface area contributed by atoms with Crippen LogP contribution in [0.15, 0.2) is 15.9 Å². The second-order valence-electron chi connectivity index (χ2n) is 4.24. The van der Waals surface area contributed by atoms with Crippen LogP contribution in [0.5, 0.6) is 0 Å². The topological polar surface area (TPSA) is 40.5 Å². The van der Waals surface area contributed by atoms with Gasteiger partial charge in [0, 0.05) is 11.3 Å². The predicted molar refractivity (Wildman–Crippen MR) is 65.1 cm³/mol. The lowest BCUT2D eigenvalue weighted by atomic mass is 9.92. The lowest BCUT2D eigenvalue weighted by molar-refractivity contribution is -0.0686. The summed E-state index contributed by atoms with van der Waals surface area (Å²) >= 11 is 5.01. The van der Waals surface area contributed by atoms with Crippen LogP contribution in [0.2, 0.25) is 0 Å². The molecule has 1 fully saturated rings. The molecule has 2 N–H and O–H groups in total. The number of hydrogen-bond donors (Lipinski definition) is 2. The molecule has 1 aliphatic rings. The molecule has 0 radical (unpaired) electrons. The van der Waals surface area contributed by atoms with Crippen LogP contribution in [0, 0.1) is 0 Å². The molecule has 1 aromatic heterocycles. The van der Waals surface area contributed by atoms with Gasteiger partial charge < -0.3 is 10.2 Å². The zero-order chi connectivity index (χ0) is 10.9. The molecule has 2 rings (SSSR count). The minimum atomic E-state index is -0.837. The normalized spacial score (nSPS) is 21.8. The van der Waals surface area contributed by atoms with Gasteiger partial charge in [-0.2, -0.15) is 0 Å². The van der Waals surface area contributed by atoms with Gasteiger partial charge in [0.15, 0.2) is 0 Å². The Bertz CT molecular complexity index is 331. The zero-order valence-electron chi connectivity index (χ0n) is 8.45. The predicted octanol–water partition coefficient (Wildman–Crippen LogP) is 2.72. The van der Waals surface area contributed by atoms with Crippen LogP contribution < -0.4 is 0 Å². The summed E-state index contributed by atoms with van der Waals surface area (Å²) in [6, 6.07) is 3.97. The monoisotopic (exact) mass is 290 g/mol. The molecule has 0 aromatic carbocycles. The number of aliphatic hydroxyl groups excluding tert-OH is 1. The molecule has 1 aromatic rings. The van der Waals surface area contributed by atoms with Gasteiger partial charge in [0.1, 0.15) is 0 Å². The standard InChI is InChI=1S/C11H15BrO2S/c12-10-4-3-8(15-10)7-9(13)11(14)5-1-2-6-11/h3-4,9,13-14H,1-2,5-7H2. The van der Waals surface area contributed by atoms with Crippen LogP contribution in [0.25, 0.3) is 0 Å². The van der Waals surface area contributed by atoms with E-state index in [0.717, 1.165) is 34.3 Å². The maximum atomic E-state index is 10.2. The Balaban J connectivity index is 1.99. The van der Waals surface area contributed by atoms with Crippen LogP contribution in [0.3, 0.4) is 0 Å². The molecule has 84 valence electrons. The quantitative estimate of drug-likeness (QED) is 0.899. The van der Waals surface area contributed by atoms with Crippen molar-refractivity contribution in [1.29, 1.82) is 0 Å². The van der Waals surface area contributed by atoms with Crippen LogP contribution in [-0.2, 0) is 6.42 Å². The Morgan fingerprint density at radius 3 is 2.60 bits per heavy atom. The van der Waals surface area contributed by atoms with E-state index in [1.54, 1.807) is 11.3 Å². The van der Waals surface area contributed by atoms with Crippen molar-refractivity contribution in [2.24, 2.45) is 0 Å². The maximum absolute atomic E-state index is 10.2. The molecule has 1 heterocycles. The van der Waals surface area contributed by atoms with Crippen LogP contribution in [0.4, 0.5) is 0 Å². The molecule has 1 saturated carbocycles. The van der Waals surface area contributed by atoms with Gasteiger partial charge >= 0.3 is 0 Å². The summed E-state index contributed by atoms with van der Waals surface area (Å²) in [7, 11) is 0. The van der Waals surface area contributed by atoms with Crippen LogP contribution in [-0.4, -0.2) is 21.9 Å². The third kappa shape index (κ3) is 2.61. The lowest BCUT2D eigenvalue weighted by Gasteiger charge is -2.28. The summed E-state index contributed by atoms with van der Waals surface area (Å²) in [5, 5.41) is 20.2. The third-order valence-corrected chi connectivity index (χ3v) is 4.76. The Labute approximate surface area is 102 Å². The second-order valence-corrected chi connectivity index (χ2v) is 6.78. The van der Waals surface area contributed by atoms with Crippen molar-refractivity contribution >= 4 is 27.3 Å². The van der Waals surface area contributed by atoms with Crippen molar-refractivity contribution in [2.45, 2.75) is 43.8 Å². The SMILES string of the molecule is OC(Cc1ccc(Br)s1)C1(O)CCCC1. The highest BCUT2D eigenvalue weighted by Crippen LogP contribution is 2.34. The Hall–Kier alpha value is 0.1000. The first-order valence-corrected chi connectivity index (χ1v) is 6.86. The first kappa shape index (κ1) is 11.6. The molecule has 4 heteroatoms. The van der Waals surface area contributed by atoms with Gasteiger partial charge in [-0.1, -0.05) is 12.8 Å². The highest BCUT2D eigenvalue weighted by atomic mass is 79.9. The van der Waals surface area contributed by atoms with E-state index in [9.17, 15) is 10.2 Å². The van der Waals surface area contributed by atoms with Gasteiger partial charge in [0.25, 0.3) is 0 Å². The largest absolute Gasteiger partial charge is 0.390 e. The van der Waals surface area contributed by atoms with E-state index >= 15 is 0 Å². The summed E-state index contributed by atoms with van der Waals surface area (Å²) in [4.78, 5) is 1.12. The van der Waals surface area contributed by atoms with Crippen LogP contribution in [0.1, 0.15) is 30.6 Å². The van der Waals surface area contributed by atoms with Gasteiger partial charge in [-0.25, -0.2) is 0 Å². The van der Waals surface area contributed by atoms with Crippen molar-refractivity contribution in [3.8, 4) is 0 Å². The Morgan fingerprint density at radius 1 is 1.40 bits per heavy atom. The molecule has 0 aliphatic heterocycles. The summed E-state index contributed by atoms with van der Waals surface area (Å²) in [5.74, 6) is 0. The Morgan fingerprint density at radius 2 is 2.07 bits per heavy atom. The van der Waals surface area contributed by atoms with Crippen molar-refractivity contribution in [3.05, 3.63) is 20.8 Å². The first-order chi connectivity index (χ1) is 7.10. The van der Waals surface area contributed by atoms with E-state index in [0.29, 0.717) is 6.42 Å². The van der Waals surface area contributed by atoms with Gasteiger partial charge in [-0.15, -0.1) is 11.3 Å². The maximum Gasteiger partial charge on any atom is 0.0909 e. The molecule has 15 heavy (non-hydrogen) atoms. The fourth-order valence-corrected chi connectivity index (χ4v) is 3.68. The minimum Gasteiger partial charge on any atom is -0.390 e. The molecular weight excluding hydrogens is 276 g/mol. The van der Waals surface area contributed by atoms with Gasteiger partial charge in [-0.3, -0.25) is 0 Å². The van der Waals surface area contributed by atoms with Crippen LogP contribution >= 0.6 is 27.3 Å². The number of rotatable bonds is 3. The number of hydrogen-bond acceptors (Lipinski definition) is 3. The average Bonchev–Trinajstić information content (AvgIpc) is 2.76. The number of thiophene rings is 1. The van der Waals surface area contributed by atoms with Gasteiger partial charge in [-0.05, 0) is 40.9 Å². The molecule has 1 atom stereocenters. The molecule has 0 amide bonds. The van der Waals surface area contributed by atoms with E-state index in [4.69, 9.17) is 0 Å². The number of aliphatic hydroxyl groups is 2. The summed E-state index contributed by atoms with van der Waals surface area (Å²) in [5.41, 5.74) is -0.837. The second kappa shape index (κ2) is 4.53. The summed E-state index contributed by atoms with van der Waals surface area (Å²) in [6.07, 6.45) is 3.47. The summed E-state index contributed by atoms with van der Waals surface area (Å²) < 4.78 is 1.07. The van der Waals surface area contributed by atoms with Gasteiger partial charge in [0.2, 0.25) is 0 Å². The molecule has 0 spiro atoms. The minimum absolute atomic E-state index is 0.562. The van der Waals surface area contributed by atoms with Crippen molar-refractivity contribution < 1.29 is 10.2 Å². The molecule has 1 unspecified atom stereocenters. The average molecular weight is 291 g/mol. The summed E-state index contributed by atoms with van der Waals surface area (Å²) in [6.45, 7) is 0. The molecule has 2 nitrogen and oxygen atoms in total. The zero-order valence-corrected chi connectivity index (χ0v) is 10.9. The molecule has 0 saturated heterocycles. The van der Waals surface area contributed by atoms with E-state index in [1.807, 2.05) is 12.1 Å². The first-order valence-electron chi connectivity index (χ1n) is 5.25. The lowest BCUT2D eigenvalue weighted by Crippen LogP contribution is -2.40. The van der Waals surface area contributed by atoms with E-state index in [1.165, 1.54) is 0 Å². The Kier molecular flexibility index (Phi) is 3.50. The fourth-order valence-electron chi connectivity index (χ4n) is 2.16. The molecule has 0 bridgehead atoms. The van der Waals surface area contributed by atoms with Crippen molar-refractivity contribution in [3.63, 3.8) is 0 Å². The van der Waals surface area contributed by atoms with E-state index < -0.39 is 11.7 Å². The third-order valence-electron chi connectivity index (χ3n) is 3.11. The van der Waals surface area contributed by atoms with Crippen molar-refractivity contribution in [1.82, 2.24) is 0 Å². The highest BCUT2D eigenvalue weighted by Gasteiger charge is 2.38. The van der Waals surface area contributed by atoms with E-state index in [2.05, 4.69) is 15.9 Å². The molecule has 1 aliphatic carbocycles. The van der Waals surface area contributed by atoms with E-state index in [-0.39, 0.29) is 0 Å². The fraction of sp³-hybridized carbons (Fsp3) is 0.636. The number of halogens is 1. The van der Waals surface area contributed by atoms with Gasteiger partial charge in [0.05, 0.1) is 15.5 Å².